The van der Waals surface area contributed by atoms with Gasteiger partial charge in [-0.15, -0.1) is 0 Å². The molecule has 2 fully saturated rings. The Kier molecular flexibility index (Phi) is 7.85. The topological polar surface area (TPSA) is 164 Å². The predicted octanol–water partition coefficient (Wildman–Crippen LogP) is 2.61. The fraction of sp³-hybridized carbons (Fsp3) is 0.351. The number of piperidine rings is 1. The van der Waals surface area contributed by atoms with Crippen LogP contribution in [0.5, 0.6) is 0 Å². The lowest BCUT2D eigenvalue weighted by Crippen LogP contribution is -2.54. The number of rotatable bonds is 6. The quantitative estimate of drug-likeness (QED) is 0.226. The van der Waals surface area contributed by atoms with E-state index >= 15 is 0 Å². The lowest BCUT2D eigenvalue weighted by atomic mass is 9.99. The molecule has 0 spiro atoms. The van der Waals surface area contributed by atoms with Crippen molar-refractivity contribution in [2.75, 3.05) is 42.9 Å². The van der Waals surface area contributed by atoms with Gasteiger partial charge in [0.05, 0.1) is 22.3 Å². The number of aromatic amines is 1. The smallest absolute Gasteiger partial charge is 0.262 e. The molecule has 4 aliphatic heterocycles. The van der Waals surface area contributed by atoms with Gasteiger partial charge >= 0.3 is 0 Å². The molecule has 2 atom stereocenters. The van der Waals surface area contributed by atoms with Crippen molar-refractivity contribution >= 4 is 58.0 Å². The van der Waals surface area contributed by atoms with Crippen molar-refractivity contribution in [2.24, 2.45) is 0 Å². The van der Waals surface area contributed by atoms with Crippen LogP contribution in [0.1, 0.15) is 79.8 Å². The number of carbonyl (C=O) groups is 6. The molecule has 4 N–H and O–H groups in total. The highest BCUT2D eigenvalue weighted by Gasteiger charge is 2.45. The maximum atomic E-state index is 14.1. The van der Waals surface area contributed by atoms with Crippen LogP contribution >= 0.6 is 0 Å². The van der Waals surface area contributed by atoms with Crippen molar-refractivity contribution in [3.63, 3.8) is 0 Å². The Hall–Kier alpha value is -5.63. The summed E-state index contributed by atoms with van der Waals surface area (Å²) in [5, 5.41) is 8.19. The van der Waals surface area contributed by atoms with Crippen LogP contribution < -0.4 is 20.9 Å². The van der Waals surface area contributed by atoms with E-state index in [1.807, 2.05) is 19.9 Å². The molecule has 13 nitrogen and oxygen atoms in total. The Bertz CT molecular complexity index is 2110. The first-order valence-corrected chi connectivity index (χ1v) is 17.2. The van der Waals surface area contributed by atoms with E-state index in [4.69, 9.17) is 0 Å². The van der Waals surface area contributed by atoms with Crippen LogP contribution in [-0.2, 0) is 20.8 Å². The van der Waals surface area contributed by atoms with Crippen molar-refractivity contribution in [2.45, 2.75) is 51.6 Å². The van der Waals surface area contributed by atoms with Gasteiger partial charge in [0.25, 0.3) is 23.6 Å². The van der Waals surface area contributed by atoms with E-state index in [1.54, 1.807) is 18.2 Å². The molecule has 5 heterocycles. The number of carbonyl (C=O) groups excluding carboxylic acids is 6. The second kappa shape index (κ2) is 12.3. The lowest BCUT2D eigenvalue weighted by molar-refractivity contribution is -0.136. The monoisotopic (exact) mass is 693 g/mol. The number of anilines is 2. The van der Waals surface area contributed by atoms with E-state index in [-0.39, 0.29) is 41.8 Å². The van der Waals surface area contributed by atoms with Gasteiger partial charge in [-0.05, 0) is 80.6 Å². The summed E-state index contributed by atoms with van der Waals surface area (Å²) in [6.07, 6.45) is 1.32. The van der Waals surface area contributed by atoms with Crippen molar-refractivity contribution in [3.8, 4) is 0 Å². The number of imide groups is 2. The number of fused-ring (bicyclic) bond motifs is 3. The molecule has 51 heavy (non-hydrogen) atoms. The van der Waals surface area contributed by atoms with Gasteiger partial charge in [-0.2, -0.15) is 0 Å². The van der Waals surface area contributed by atoms with Crippen LogP contribution in [0.3, 0.4) is 0 Å². The molecule has 0 saturated carbocycles. The number of piperazine rings is 1. The number of aromatic nitrogens is 1. The van der Waals surface area contributed by atoms with Crippen LogP contribution in [0, 0.1) is 12.7 Å². The van der Waals surface area contributed by atoms with Gasteiger partial charge in [0.2, 0.25) is 11.8 Å². The first-order valence-electron chi connectivity index (χ1n) is 17.2. The molecule has 1 unspecified atom stereocenters. The van der Waals surface area contributed by atoms with Crippen LogP contribution in [0.2, 0.25) is 0 Å². The fourth-order valence-corrected chi connectivity index (χ4v) is 8.13. The summed E-state index contributed by atoms with van der Waals surface area (Å²) >= 11 is 0. The molecular formula is C37H36FN7O6. The number of H-pyrrole nitrogens is 1. The van der Waals surface area contributed by atoms with Gasteiger partial charge in [0, 0.05) is 73.5 Å². The average Bonchev–Trinajstić information content (AvgIpc) is 3.80. The van der Waals surface area contributed by atoms with E-state index in [0.717, 1.165) is 27.4 Å². The van der Waals surface area contributed by atoms with Crippen molar-refractivity contribution in [3.05, 3.63) is 81.4 Å². The predicted molar refractivity (Wildman–Crippen MR) is 184 cm³/mol. The van der Waals surface area contributed by atoms with Gasteiger partial charge in [-0.25, -0.2) is 4.39 Å². The standard InChI is InChI=1S/C37H36FN7O6/c1-18(39-34(48)30-19(2)40-32-23(30)6-7-24(32)31-26-15-20(38)3-8-27(26)41-35(31)49)17-43-11-13-44(14-12-43)21-4-5-22-25(16-21)37(51)45(36(22)50)28-9-10-29(46)42-33(28)47/h3-5,8,15-16,18,28,40H,6-7,9-14,17H2,1-2H3,(H,39,48)(H,41,49)(H,42,46,47)/t18-,28?/m0/s1. The largest absolute Gasteiger partial charge is 0.369 e. The highest BCUT2D eigenvalue weighted by atomic mass is 19.1. The van der Waals surface area contributed by atoms with Gasteiger partial charge in [0.1, 0.15) is 11.9 Å². The van der Waals surface area contributed by atoms with Gasteiger partial charge in [0.15, 0.2) is 0 Å². The molecule has 2 saturated heterocycles. The second-order valence-corrected chi connectivity index (χ2v) is 13.8. The molecule has 14 heteroatoms. The minimum atomic E-state index is -1.01. The molecule has 5 aliphatic rings. The highest BCUT2D eigenvalue weighted by molar-refractivity contribution is 6.37. The third-order valence-corrected chi connectivity index (χ3v) is 10.5. The van der Waals surface area contributed by atoms with E-state index < -0.39 is 35.5 Å². The minimum absolute atomic E-state index is 0.0652. The Morgan fingerprint density at radius 1 is 0.922 bits per heavy atom. The number of aryl methyl sites for hydroxylation is 1. The highest BCUT2D eigenvalue weighted by Crippen LogP contribution is 2.44. The normalized spacial score (nSPS) is 22.2. The maximum absolute atomic E-state index is 14.1. The number of nitrogens with one attached hydrogen (secondary N) is 4. The van der Waals surface area contributed by atoms with Gasteiger partial charge < -0.3 is 20.5 Å². The minimum Gasteiger partial charge on any atom is -0.369 e. The summed E-state index contributed by atoms with van der Waals surface area (Å²) in [5.74, 6) is -3.00. The first kappa shape index (κ1) is 32.6. The third-order valence-electron chi connectivity index (χ3n) is 10.5. The summed E-state index contributed by atoms with van der Waals surface area (Å²) < 4.78 is 14.1. The van der Waals surface area contributed by atoms with Crippen molar-refractivity contribution < 1.29 is 33.2 Å². The number of allylic oxidation sites excluding steroid dienone is 1. The Balaban J connectivity index is 0.893. The van der Waals surface area contributed by atoms with Crippen LogP contribution in [0.15, 0.2) is 36.4 Å². The fourth-order valence-electron chi connectivity index (χ4n) is 8.13. The number of amides is 6. The number of halogens is 1. The summed E-state index contributed by atoms with van der Waals surface area (Å²) in [4.78, 5) is 85.6. The second-order valence-electron chi connectivity index (χ2n) is 13.8. The molecular weight excluding hydrogens is 657 g/mol. The Morgan fingerprint density at radius 3 is 2.45 bits per heavy atom. The maximum Gasteiger partial charge on any atom is 0.262 e. The summed E-state index contributed by atoms with van der Waals surface area (Å²) in [5.41, 5.74) is 6.54. The van der Waals surface area contributed by atoms with Gasteiger partial charge in [-0.3, -0.25) is 43.9 Å². The van der Waals surface area contributed by atoms with E-state index in [1.165, 1.54) is 12.1 Å². The first-order chi connectivity index (χ1) is 24.5. The number of hydrogen-bond acceptors (Lipinski definition) is 8. The molecule has 1 aliphatic carbocycles. The molecule has 262 valence electrons. The average molecular weight is 694 g/mol. The molecule has 3 aromatic rings. The van der Waals surface area contributed by atoms with Crippen LogP contribution in [-0.4, -0.2) is 95.0 Å². The number of benzene rings is 2. The summed E-state index contributed by atoms with van der Waals surface area (Å²) in [6, 6.07) is 8.22. The summed E-state index contributed by atoms with van der Waals surface area (Å²) in [6.45, 7) is 7.20. The number of nitrogens with zero attached hydrogens (tertiary/aromatic N) is 3. The molecule has 0 bridgehead atoms. The molecule has 8 rings (SSSR count). The Labute approximate surface area is 292 Å². The van der Waals surface area contributed by atoms with E-state index in [0.29, 0.717) is 73.6 Å². The molecule has 1 aromatic heterocycles. The SMILES string of the molecule is Cc1[nH]c2c(c1C(=O)N[C@@H](C)CN1CCN(c3ccc4c(c3)C(=O)N(C3CCC(=O)NC3=O)C4=O)CC1)CCC2=C1C(=O)Nc2ccc(F)cc21. The third kappa shape index (κ3) is 5.50. The molecule has 2 aromatic carbocycles. The zero-order valence-electron chi connectivity index (χ0n) is 28.2. The van der Waals surface area contributed by atoms with Crippen molar-refractivity contribution in [1.82, 2.24) is 25.4 Å². The number of hydrogen-bond donors (Lipinski definition) is 4. The van der Waals surface area contributed by atoms with Crippen LogP contribution in [0.4, 0.5) is 15.8 Å². The van der Waals surface area contributed by atoms with Gasteiger partial charge in [-0.1, -0.05) is 0 Å². The lowest BCUT2D eigenvalue weighted by Gasteiger charge is -2.37. The Morgan fingerprint density at radius 2 is 1.69 bits per heavy atom. The van der Waals surface area contributed by atoms with Crippen LogP contribution in [0.25, 0.3) is 11.1 Å². The zero-order valence-corrected chi connectivity index (χ0v) is 28.2. The van der Waals surface area contributed by atoms with E-state index in [9.17, 15) is 33.2 Å². The molecule has 0 radical (unpaired) electrons. The van der Waals surface area contributed by atoms with Crippen molar-refractivity contribution in [1.29, 1.82) is 0 Å². The van der Waals surface area contributed by atoms with E-state index in [2.05, 4.69) is 30.7 Å². The summed E-state index contributed by atoms with van der Waals surface area (Å²) in [7, 11) is 0. The molecule has 6 amide bonds. The zero-order chi connectivity index (χ0) is 35.7.